The van der Waals surface area contributed by atoms with Crippen molar-refractivity contribution in [3.8, 4) is 5.69 Å². The zero-order valence-corrected chi connectivity index (χ0v) is 14.3. The van der Waals surface area contributed by atoms with Crippen molar-refractivity contribution in [1.82, 2.24) is 9.47 Å². The van der Waals surface area contributed by atoms with Gasteiger partial charge in [0.25, 0.3) is 5.91 Å². The molecule has 0 saturated carbocycles. The molecule has 2 aromatic rings. The molecule has 1 aromatic heterocycles. The largest absolute Gasteiger partial charge is 0.334 e. The summed E-state index contributed by atoms with van der Waals surface area (Å²) < 4.78 is 2.08. The van der Waals surface area contributed by atoms with Gasteiger partial charge in [0.15, 0.2) is 0 Å². The molecule has 5 heteroatoms. The molecule has 2 heterocycles. The number of halogens is 1. The molecule has 0 radical (unpaired) electrons. The Kier molecular flexibility index (Phi) is 4.46. The van der Waals surface area contributed by atoms with Crippen molar-refractivity contribution in [3.05, 3.63) is 52.3 Å². The molecule has 1 unspecified atom stereocenters. The Balaban J connectivity index is 1.99. The van der Waals surface area contributed by atoms with E-state index in [4.69, 9.17) is 17.3 Å². The van der Waals surface area contributed by atoms with Gasteiger partial charge in [0.2, 0.25) is 0 Å². The fraction of sp³-hybridized carbons (Fsp3) is 0.389. The number of nitrogens with zero attached hydrogens (tertiary/aromatic N) is 2. The number of carbonyl (C=O) groups excluding carboxylic acids is 1. The van der Waals surface area contributed by atoms with Gasteiger partial charge in [0, 0.05) is 41.2 Å². The average molecular weight is 332 g/mol. The molecular weight excluding hydrogens is 310 g/mol. The number of amides is 1. The molecule has 1 saturated heterocycles. The van der Waals surface area contributed by atoms with E-state index in [-0.39, 0.29) is 11.9 Å². The second-order valence-electron chi connectivity index (χ2n) is 6.13. The molecular formula is C18H22ClN3O. The minimum atomic E-state index is 0.0827. The van der Waals surface area contributed by atoms with Crippen molar-refractivity contribution in [2.24, 2.45) is 5.73 Å². The molecule has 1 aliphatic heterocycles. The number of aryl methyl sites for hydroxylation is 1. The van der Waals surface area contributed by atoms with E-state index < -0.39 is 0 Å². The Hall–Kier alpha value is -1.78. The van der Waals surface area contributed by atoms with E-state index in [1.807, 2.05) is 49.1 Å². The molecule has 1 aliphatic rings. The summed E-state index contributed by atoms with van der Waals surface area (Å²) in [7, 11) is 0. The van der Waals surface area contributed by atoms with Crippen LogP contribution in [0.1, 0.15) is 34.6 Å². The number of likely N-dealkylation sites (tertiary alicyclic amines) is 1. The number of aromatic nitrogens is 1. The summed E-state index contributed by atoms with van der Waals surface area (Å²) in [5, 5.41) is 0.686. The first-order valence-electron chi connectivity index (χ1n) is 7.99. The van der Waals surface area contributed by atoms with E-state index >= 15 is 0 Å². The van der Waals surface area contributed by atoms with Gasteiger partial charge in [-0.05, 0) is 51.0 Å². The number of hydrogen-bond donors (Lipinski definition) is 1. The maximum atomic E-state index is 12.9. The Bertz CT molecular complexity index is 738. The van der Waals surface area contributed by atoms with Crippen molar-refractivity contribution in [3.63, 3.8) is 0 Å². The number of rotatable bonds is 3. The topological polar surface area (TPSA) is 51.3 Å². The molecule has 0 spiro atoms. The van der Waals surface area contributed by atoms with Gasteiger partial charge in [-0.15, -0.1) is 0 Å². The van der Waals surface area contributed by atoms with Crippen LogP contribution in [0.5, 0.6) is 0 Å². The summed E-state index contributed by atoms with van der Waals surface area (Å²) in [5.41, 5.74) is 9.50. The molecule has 1 amide bonds. The standard InChI is InChI=1S/C18H22ClN3O/c1-12-9-17(18(23)21-8-4-7-16(21)11-20)13(2)22(12)15-6-3-5-14(19)10-15/h3,5-6,9-10,16H,4,7-8,11,20H2,1-2H3. The monoisotopic (exact) mass is 331 g/mol. The van der Waals surface area contributed by atoms with Gasteiger partial charge < -0.3 is 15.2 Å². The first-order valence-corrected chi connectivity index (χ1v) is 8.36. The third-order valence-corrected chi connectivity index (χ3v) is 4.87. The summed E-state index contributed by atoms with van der Waals surface area (Å²) in [5.74, 6) is 0.0827. The molecule has 4 nitrogen and oxygen atoms in total. The Morgan fingerprint density at radius 1 is 1.35 bits per heavy atom. The van der Waals surface area contributed by atoms with Crippen LogP contribution in [0.2, 0.25) is 5.02 Å². The molecule has 1 aromatic carbocycles. The van der Waals surface area contributed by atoms with Crippen molar-refractivity contribution in [2.45, 2.75) is 32.7 Å². The van der Waals surface area contributed by atoms with Crippen molar-refractivity contribution >= 4 is 17.5 Å². The molecule has 1 fully saturated rings. The molecule has 2 N–H and O–H groups in total. The maximum Gasteiger partial charge on any atom is 0.255 e. The van der Waals surface area contributed by atoms with E-state index in [1.54, 1.807) is 0 Å². The normalized spacial score (nSPS) is 17.7. The van der Waals surface area contributed by atoms with E-state index in [2.05, 4.69) is 4.57 Å². The van der Waals surface area contributed by atoms with Crippen LogP contribution in [0.25, 0.3) is 5.69 Å². The lowest BCUT2D eigenvalue weighted by molar-refractivity contribution is 0.0740. The lowest BCUT2D eigenvalue weighted by atomic mass is 10.2. The van der Waals surface area contributed by atoms with Crippen molar-refractivity contribution in [1.29, 1.82) is 0 Å². The molecule has 122 valence electrons. The first-order chi connectivity index (χ1) is 11.0. The van der Waals surface area contributed by atoms with Crippen LogP contribution >= 0.6 is 11.6 Å². The number of benzene rings is 1. The lowest BCUT2D eigenvalue weighted by Gasteiger charge is -2.23. The lowest BCUT2D eigenvalue weighted by Crippen LogP contribution is -2.40. The van der Waals surface area contributed by atoms with Crippen LogP contribution in [-0.4, -0.2) is 34.5 Å². The van der Waals surface area contributed by atoms with Crippen LogP contribution in [0.15, 0.2) is 30.3 Å². The zero-order chi connectivity index (χ0) is 16.6. The summed E-state index contributed by atoms with van der Waals surface area (Å²) in [6.07, 6.45) is 2.02. The minimum Gasteiger partial charge on any atom is -0.334 e. The molecule has 3 rings (SSSR count). The van der Waals surface area contributed by atoms with Gasteiger partial charge in [-0.3, -0.25) is 4.79 Å². The van der Waals surface area contributed by atoms with Gasteiger partial charge >= 0.3 is 0 Å². The van der Waals surface area contributed by atoms with Gasteiger partial charge in [-0.25, -0.2) is 0 Å². The van der Waals surface area contributed by atoms with Crippen LogP contribution < -0.4 is 5.73 Å². The quantitative estimate of drug-likeness (QED) is 0.938. The minimum absolute atomic E-state index is 0.0827. The van der Waals surface area contributed by atoms with E-state index in [1.165, 1.54) is 0 Å². The fourth-order valence-electron chi connectivity index (χ4n) is 3.49. The zero-order valence-electron chi connectivity index (χ0n) is 13.6. The number of nitrogens with two attached hydrogens (primary N) is 1. The van der Waals surface area contributed by atoms with Crippen LogP contribution in [0.3, 0.4) is 0 Å². The number of carbonyl (C=O) groups is 1. The van der Waals surface area contributed by atoms with E-state index in [9.17, 15) is 4.79 Å². The Morgan fingerprint density at radius 2 is 2.13 bits per heavy atom. The van der Waals surface area contributed by atoms with Crippen LogP contribution in [-0.2, 0) is 0 Å². The summed E-state index contributed by atoms with van der Waals surface area (Å²) in [6, 6.07) is 9.80. The first kappa shape index (κ1) is 16.1. The summed E-state index contributed by atoms with van der Waals surface area (Å²) >= 11 is 6.11. The number of hydrogen-bond acceptors (Lipinski definition) is 2. The van der Waals surface area contributed by atoms with Crippen LogP contribution in [0, 0.1) is 13.8 Å². The van der Waals surface area contributed by atoms with E-state index in [0.29, 0.717) is 11.6 Å². The van der Waals surface area contributed by atoms with Crippen LogP contribution in [0.4, 0.5) is 0 Å². The summed E-state index contributed by atoms with van der Waals surface area (Å²) in [6.45, 7) is 5.31. The predicted molar refractivity (Wildman–Crippen MR) is 93.4 cm³/mol. The maximum absolute atomic E-state index is 12.9. The average Bonchev–Trinajstić information content (AvgIpc) is 3.11. The van der Waals surface area contributed by atoms with Gasteiger partial charge in [0.1, 0.15) is 0 Å². The van der Waals surface area contributed by atoms with Gasteiger partial charge in [0.05, 0.1) is 5.56 Å². The van der Waals surface area contributed by atoms with Gasteiger partial charge in [-0.1, -0.05) is 17.7 Å². The third kappa shape index (κ3) is 2.89. The van der Waals surface area contributed by atoms with Crippen molar-refractivity contribution in [2.75, 3.05) is 13.1 Å². The third-order valence-electron chi connectivity index (χ3n) is 4.64. The highest BCUT2D eigenvalue weighted by atomic mass is 35.5. The second kappa shape index (κ2) is 6.38. The fourth-order valence-corrected chi connectivity index (χ4v) is 3.68. The van der Waals surface area contributed by atoms with E-state index in [0.717, 1.165) is 42.0 Å². The molecule has 0 aliphatic carbocycles. The highest BCUT2D eigenvalue weighted by molar-refractivity contribution is 6.30. The van der Waals surface area contributed by atoms with Gasteiger partial charge in [-0.2, -0.15) is 0 Å². The summed E-state index contributed by atoms with van der Waals surface area (Å²) in [4.78, 5) is 14.9. The smallest absolute Gasteiger partial charge is 0.255 e. The SMILES string of the molecule is Cc1cc(C(=O)N2CCCC2CN)c(C)n1-c1cccc(Cl)c1. The highest BCUT2D eigenvalue weighted by Gasteiger charge is 2.30. The Labute approximate surface area is 141 Å². The second-order valence-corrected chi connectivity index (χ2v) is 6.57. The highest BCUT2D eigenvalue weighted by Crippen LogP contribution is 2.26. The molecule has 23 heavy (non-hydrogen) atoms. The molecule has 1 atom stereocenters. The molecule has 0 bridgehead atoms. The Morgan fingerprint density at radius 3 is 2.83 bits per heavy atom. The van der Waals surface area contributed by atoms with Crippen molar-refractivity contribution < 1.29 is 4.79 Å². The predicted octanol–water partition coefficient (Wildman–Crippen LogP) is 3.31.